The van der Waals surface area contributed by atoms with Crippen molar-refractivity contribution in [2.24, 2.45) is 0 Å². The van der Waals surface area contributed by atoms with E-state index in [0.717, 1.165) is 0 Å². The topological polar surface area (TPSA) is 109 Å². The lowest BCUT2D eigenvalue weighted by atomic mass is 9.94. The Morgan fingerprint density at radius 3 is 2.55 bits per heavy atom. The van der Waals surface area contributed by atoms with Crippen molar-refractivity contribution < 1.29 is 29.3 Å². The van der Waals surface area contributed by atoms with Gasteiger partial charge in [0.2, 0.25) is 5.78 Å². The van der Waals surface area contributed by atoms with E-state index in [9.17, 15) is 19.8 Å². The van der Waals surface area contributed by atoms with Gasteiger partial charge in [-0.1, -0.05) is 6.07 Å². The molecule has 0 saturated heterocycles. The summed E-state index contributed by atoms with van der Waals surface area (Å²) in [7, 11) is 1.43. The van der Waals surface area contributed by atoms with Crippen LogP contribution in [0.3, 0.4) is 0 Å². The molecule has 1 aromatic carbocycles. The predicted molar refractivity (Wildman–Crippen MR) is 116 cm³/mol. The fourth-order valence-corrected chi connectivity index (χ4v) is 4.46. The van der Waals surface area contributed by atoms with Crippen LogP contribution in [0.5, 0.6) is 11.5 Å². The Labute approximate surface area is 184 Å². The molecule has 2 N–H and O–H groups in total. The van der Waals surface area contributed by atoms with E-state index < -0.39 is 23.5 Å². The average molecular weight is 447 g/mol. The van der Waals surface area contributed by atoms with Gasteiger partial charge in [-0.2, -0.15) is 0 Å². The average Bonchev–Trinajstić information content (AvgIpc) is 3.17. The molecule has 31 heavy (non-hydrogen) atoms. The molecule has 0 fully saturated rings. The van der Waals surface area contributed by atoms with Crippen molar-refractivity contribution in [3.05, 3.63) is 50.7 Å². The van der Waals surface area contributed by atoms with Gasteiger partial charge in [0, 0.05) is 6.54 Å². The molecule has 1 aromatic heterocycles. The number of thiazole rings is 1. The number of benzene rings is 1. The number of carbonyl (C=O) groups is 2. The lowest BCUT2D eigenvalue weighted by Crippen LogP contribution is -2.34. The van der Waals surface area contributed by atoms with Crippen LogP contribution in [0.25, 0.3) is 0 Å². The molecule has 0 aliphatic carbocycles. The van der Waals surface area contributed by atoms with Gasteiger partial charge in [-0.15, -0.1) is 11.3 Å². The van der Waals surface area contributed by atoms with E-state index in [2.05, 4.69) is 4.98 Å². The van der Waals surface area contributed by atoms with Gasteiger partial charge in [-0.05, 0) is 45.4 Å². The van der Waals surface area contributed by atoms with Gasteiger partial charge >= 0.3 is 0 Å². The highest BCUT2D eigenvalue weighted by molar-refractivity contribution is 7.14. The Balaban J connectivity index is 2.07. The third-order valence-electron chi connectivity index (χ3n) is 4.96. The number of ketones is 1. The van der Waals surface area contributed by atoms with Crippen molar-refractivity contribution in [1.29, 1.82) is 0 Å². The number of phenolic OH excluding ortho intramolecular Hbond substituents is 1. The third kappa shape index (κ3) is 4.42. The number of carbonyl (C=O) groups excluding carboxylic acids is 2. The zero-order valence-electron chi connectivity index (χ0n) is 18.1. The van der Waals surface area contributed by atoms with E-state index in [-0.39, 0.29) is 36.3 Å². The zero-order chi connectivity index (χ0) is 22.9. The van der Waals surface area contributed by atoms with E-state index >= 15 is 0 Å². The molecule has 1 atom stereocenters. The van der Waals surface area contributed by atoms with Gasteiger partial charge in [0.1, 0.15) is 0 Å². The fraction of sp³-hybridized carbons (Fsp3) is 0.409. The lowest BCUT2D eigenvalue weighted by molar-refractivity contribution is -0.130. The number of amides is 1. The quantitative estimate of drug-likeness (QED) is 0.598. The molecule has 1 amide bonds. The molecule has 0 bridgehead atoms. The van der Waals surface area contributed by atoms with Crippen LogP contribution in [0.15, 0.2) is 29.5 Å². The predicted octanol–water partition coefficient (Wildman–Crippen LogP) is 3.48. The molecule has 1 aliphatic heterocycles. The molecule has 3 rings (SSSR count). The normalized spacial score (nSPS) is 16.5. The Hall–Kier alpha value is -2.91. The summed E-state index contributed by atoms with van der Waals surface area (Å²) in [6, 6.07) is 3.76. The molecule has 0 spiro atoms. The molecule has 1 unspecified atom stereocenters. The van der Waals surface area contributed by atoms with Gasteiger partial charge in [0.05, 0.1) is 47.0 Å². The summed E-state index contributed by atoms with van der Waals surface area (Å²) < 4.78 is 10.7. The van der Waals surface area contributed by atoms with Crippen LogP contribution >= 0.6 is 11.3 Å². The van der Waals surface area contributed by atoms with Gasteiger partial charge in [0.25, 0.3) is 5.91 Å². The van der Waals surface area contributed by atoms with Crippen molar-refractivity contribution in [1.82, 2.24) is 9.88 Å². The first-order valence-electron chi connectivity index (χ1n) is 9.87. The first kappa shape index (κ1) is 22.8. The van der Waals surface area contributed by atoms with Crippen molar-refractivity contribution in [2.75, 3.05) is 20.3 Å². The SMILES string of the molecule is COc1ccc(C2C(C(=O)c3sc(C)nc3C)=C(O)C(=O)N2CCOC(C)C)cc1O. The lowest BCUT2D eigenvalue weighted by Gasteiger charge is -2.27. The number of methoxy groups -OCH3 is 1. The number of hydrogen-bond donors (Lipinski definition) is 2. The van der Waals surface area contributed by atoms with Gasteiger partial charge < -0.3 is 24.6 Å². The number of phenols is 1. The van der Waals surface area contributed by atoms with E-state index in [1.54, 1.807) is 26.0 Å². The van der Waals surface area contributed by atoms with E-state index in [1.807, 2.05) is 13.8 Å². The second-order valence-corrected chi connectivity index (χ2v) is 8.69. The first-order valence-corrected chi connectivity index (χ1v) is 10.7. The van der Waals surface area contributed by atoms with Crippen LogP contribution in [0, 0.1) is 13.8 Å². The van der Waals surface area contributed by atoms with Crippen molar-refractivity contribution in [3.63, 3.8) is 0 Å². The molecule has 9 heteroatoms. The molecular formula is C22H26N2O6S. The van der Waals surface area contributed by atoms with Crippen LogP contribution in [0.4, 0.5) is 0 Å². The summed E-state index contributed by atoms with van der Waals surface area (Å²) in [5.41, 5.74) is 0.978. The van der Waals surface area contributed by atoms with Crippen LogP contribution in [0.1, 0.15) is 45.8 Å². The Kier molecular flexibility index (Phi) is 6.66. The number of hydrogen-bond acceptors (Lipinski definition) is 8. The number of aryl methyl sites for hydroxylation is 2. The minimum atomic E-state index is -0.880. The zero-order valence-corrected chi connectivity index (χ0v) is 18.9. The monoisotopic (exact) mass is 446 g/mol. The number of aliphatic hydroxyl groups excluding tert-OH is 1. The highest BCUT2D eigenvalue weighted by Crippen LogP contribution is 2.42. The van der Waals surface area contributed by atoms with Gasteiger partial charge in [0.15, 0.2) is 17.3 Å². The molecule has 2 heterocycles. The number of nitrogens with zero attached hydrogens (tertiary/aromatic N) is 2. The summed E-state index contributed by atoms with van der Waals surface area (Å²) in [5, 5.41) is 21.7. The molecule has 0 saturated carbocycles. The number of ether oxygens (including phenoxy) is 2. The van der Waals surface area contributed by atoms with E-state index in [0.29, 0.717) is 21.1 Å². The molecule has 0 radical (unpaired) electrons. The number of aromatic nitrogens is 1. The maximum Gasteiger partial charge on any atom is 0.290 e. The number of rotatable bonds is 8. The minimum absolute atomic E-state index is 0.0355. The van der Waals surface area contributed by atoms with Gasteiger partial charge in [-0.3, -0.25) is 9.59 Å². The Bertz CT molecular complexity index is 1040. The van der Waals surface area contributed by atoms with Crippen LogP contribution in [-0.2, 0) is 9.53 Å². The maximum atomic E-state index is 13.4. The van der Waals surface area contributed by atoms with Crippen LogP contribution in [0.2, 0.25) is 0 Å². The smallest absolute Gasteiger partial charge is 0.290 e. The van der Waals surface area contributed by atoms with Crippen LogP contribution in [-0.4, -0.2) is 58.2 Å². The largest absolute Gasteiger partial charge is 0.504 e. The summed E-state index contributed by atoms with van der Waals surface area (Å²) in [5.74, 6) is -1.58. The van der Waals surface area contributed by atoms with E-state index in [1.165, 1.54) is 29.4 Å². The van der Waals surface area contributed by atoms with Crippen molar-refractivity contribution >= 4 is 23.0 Å². The maximum absolute atomic E-state index is 13.4. The third-order valence-corrected chi connectivity index (χ3v) is 6.03. The first-order chi connectivity index (χ1) is 14.6. The minimum Gasteiger partial charge on any atom is -0.504 e. The highest BCUT2D eigenvalue weighted by Gasteiger charge is 2.44. The van der Waals surface area contributed by atoms with E-state index in [4.69, 9.17) is 9.47 Å². The molecule has 166 valence electrons. The molecule has 2 aromatic rings. The van der Waals surface area contributed by atoms with Gasteiger partial charge in [-0.25, -0.2) is 4.98 Å². The number of aromatic hydroxyl groups is 1. The summed E-state index contributed by atoms with van der Waals surface area (Å²) in [4.78, 5) is 32.4. The molecule has 1 aliphatic rings. The number of Topliss-reactive ketones (excluding diaryl/α,β-unsaturated/α-hetero) is 1. The second-order valence-electron chi connectivity index (χ2n) is 7.49. The fourth-order valence-electron chi connectivity index (χ4n) is 3.59. The van der Waals surface area contributed by atoms with Crippen LogP contribution < -0.4 is 4.74 Å². The summed E-state index contributed by atoms with van der Waals surface area (Å²) in [6.45, 7) is 7.66. The van der Waals surface area contributed by atoms with Crippen molar-refractivity contribution in [2.45, 2.75) is 39.8 Å². The second kappa shape index (κ2) is 9.07. The van der Waals surface area contributed by atoms with Crippen molar-refractivity contribution in [3.8, 4) is 11.5 Å². The molecule has 8 nitrogen and oxygen atoms in total. The standard InChI is InChI=1S/C22H26N2O6S/c1-11(2)30-9-8-24-18(14-6-7-16(29-5)15(25)10-14)17(20(27)22(24)28)19(26)21-12(3)23-13(4)31-21/h6-7,10-11,18,25,27H,8-9H2,1-5H3. The Morgan fingerprint density at radius 1 is 1.29 bits per heavy atom. The summed E-state index contributed by atoms with van der Waals surface area (Å²) >= 11 is 1.21. The highest BCUT2D eigenvalue weighted by atomic mass is 32.1. The Morgan fingerprint density at radius 2 is 2.00 bits per heavy atom. The number of aliphatic hydroxyl groups is 1. The summed E-state index contributed by atoms with van der Waals surface area (Å²) in [6.07, 6.45) is -0.0355. The molecular weight excluding hydrogens is 420 g/mol.